The van der Waals surface area contributed by atoms with Gasteiger partial charge in [0, 0.05) is 11.1 Å². The second-order valence-corrected chi connectivity index (χ2v) is 9.41. The van der Waals surface area contributed by atoms with Crippen molar-refractivity contribution in [1.82, 2.24) is 5.32 Å². The van der Waals surface area contributed by atoms with Crippen LogP contribution >= 0.6 is 0 Å². The lowest BCUT2D eigenvalue weighted by Gasteiger charge is -2.32. The van der Waals surface area contributed by atoms with Crippen molar-refractivity contribution in [2.45, 2.75) is 45.1 Å². The first-order valence-electron chi connectivity index (χ1n) is 11.3. The minimum atomic E-state index is -0.482. The van der Waals surface area contributed by atoms with E-state index in [0.29, 0.717) is 0 Å². The number of hydrogen-bond donors (Lipinski definition) is 1. The summed E-state index contributed by atoms with van der Waals surface area (Å²) in [5.74, 6) is 1.54. The van der Waals surface area contributed by atoms with Crippen LogP contribution in [0.2, 0.25) is 0 Å². The average molecular weight is 437 g/mol. The topological polar surface area (TPSA) is 55.2 Å². The lowest BCUT2D eigenvalue weighted by atomic mass is 9.75. The molecule has 5 nitrogen and oxygen atoms in total. The van der Waals surface area contributed by atoms with Crippen LogP contribution in [0.3, 0.4) is 0 Å². The molecule has 0 aliphatic carbocycles. The largest absolute Gasteiger partial charge is 0.495 e. The van der Waals surface area contributed by atoms with E-state index >= 15 is 0 Å². The Morgan fingerprint density at radius 3 is 1.91 bits per heavy atom. The van der Waals surface area contributed by atoms with Gasteiger partial charge in [-0.05, 0) is 38.7 Å². The fraction of sp³-hybridized carbons (Fsp3) is 0.259. The van der Waals surface area contributed by atoms with Gasteiger partial charge in [-0.2, -0.15) is 0 Å². The summed E-state index contributed by atoms with van der Waals surface area (Å²) in [6, 6.07) is 28.4. The number of rotatable bonds is 4. The maximum absolute atomic E-state index is 6.37. The highest BCUT2D eigenvalue weighted by Crippen LogP contribution is 2.36. The maximum atomic E-state index is 6.37. The van der Waals surface area contributed by atoms with Gasteiger partial charge in [-0.3, -0.25) is 0 Å². The fourth-order valence-electron chi connectivity index (χ4n) is 3.99. The summed E-state index contributed by atoms with van der Waals surface area (Å²) in [5.41, 5.74) is 3.10. The van der Waals surface area contributed by atoms with E-state index in [1.165, 1.54) is 0 Å². The number of amidine groups is 2. The maximum Gasteiger partial charge on any atom is 0.495 e. The Bertz CT molecular complexity index is 1190. The predicted molar refractivity (Wildman–Crippen MR) is 134 cm³/mol. The smallest absolute Gasteiger partial charge is 0.399 e. The van der Waals surface area contributed by atoms with Gasteiger partial charge in [-0.25, -0.2) is 9.98 Å². The molecule has 2 heterocycles. The van der Waals surface area contributed by atoms with Gasteiger partial charge in [0.2, 0.25) is 0 Å². The molecule has 33 heavy (non-hydrogen) atoms. The Hall–Kier alpha value is -3.22. The highest BCUT2D eigenvalue weighted by Gasteiger charge is 2.52. The highest BCUT2D eigenvalue weighted by molar-refractivity contribution is 6.63. The van der Waals surface area contributed by atoms with Crippen molar-refractivity contribution < 1.29 is 9.31 Å². The van der Waals surface area contributed by atoms with E-state index in [9.17, 15) is 0 Å². The molecular formula is C27H28BN3O2. The van der Waals surface area contributed by atoms with E-state index in [1.807, 2.05) is 54.6 Å². The molecule has 2 aliphatic rings. The molecule has 1 unspecified atom stereocenters. The standard InChI is InChI=1S/C27H28BN3O2/c1-26(2)27(3,4)33-28(32-26)22-18-12-11-17-21(22)25-30-23(19-13-7-5-8-14-19)29-24(31-25)20-15-9-6-10-16-20/h5-18,23H,1-4H3,(H,29,30,31). The minimum absolute atomic E-state index is 0.344. The van der Waals surface area contributed by atoms with Crippen LogP contribution in [0.4, 0.5) is 0 Å². The molecular weight excluding hydrogens is 409 g/mol. The molecule has 3 aromatic carbocycles. The van der Waals surface area contributed by atoms with Crippen LogP contribution in [0.25, 0.3) is 0 Å². The van der Waals surface area contributed by atoms with E-state index in [0.717, 1.165) is 33.8 Å². The lowest BCUT2D eigenvalue weighted by molar-refractivity contribution is 0.00578. The number of nitrogens with one attached hydrogen (secondary N) is 1. The van der Waals surface area contributed by atoms with Crippen molar-refractivity contribution in [2.75, 3.05) is 0 Å². The van der Waals surface area contributed by atoms with E-state index < -0.39 is 18.3 Å². The van der Waals surface area contributed by atoms with Crippen LogP contribution < -0.4 is 10.8 Å². The van der Waals surface area contributed by atoms with Crippen molar-refractivity contribution >= 4 is 24.3 Å². The molecule has 1 fully saturated rings. The molecule has 166 valence electrons. The van der Waals surface area contributed by atoms with E-state index in [2.05, 4.69) is 63.3 Å². The SMILES string of the molecule is CC1(C)OB(c2ccccc2C2=NC(c3ccccc3)N=C(c3ccccc3)N2)OC1(C)C. The fourth-order valence-corrected chi connectivity index (χ4v) is 3.99. The van der Waals surface area contributed by atoms with Crippen LogP contribution in [-0.2, 0) is 9.31 Å². The van der Waals surface area contributed by atoms with Crippen molar-refractivity contribution in [3.05, 3.63) is 102 Å². The molecule has 0 aromatic heterocycles. The molecule has 1 atom stereocenters. The second kappa shape index (κ2) is 8.29. The number of hydrogen-bond acceptors (Lipinski definition) is 5. The Labute approximate surface area is 195 Å². The molecule has 3 aromatic rings. The van der Waals surface area contributed by atoms with Gasteiger partial charge in [-0.1, -0.05) is 84.9 Å². The third-order valence-electron chi connectivity index (χ3n) is 6.61. The second-order valence-electron chi connectivity index (χ2n) is 9.41. The van der Waals surface area contributed by atoms with Crippen molar-refractivity contribution in [2.24, 2.45) is 9.98 Å². The Morgan fingerprint density at radius 1 is 0.697 bits per heavy atom. The van der Waals surface area contributed by atoms with Crippen LogP contribution in [0.5, 0.6) is 0 Å². The molecule has 0 spiro atoms. The molecule has 0 bridgehead atoms. The van der Waals surface area contributed by atoms with E-state index in [1.54, 1.807) is 0 Å². The van der Waals surface area contributed by atoms with Crippen LogP contribution in [0.1, 0.15) is 50.6 Å². The van der Waals surface area contributed by atoms with Crippen molar-refractivity contribution in [3.8, 4) is 0 Å². The highest BCUT2D eigenvalue weighted by atomic mass is 16.7. The molecule has 0 radical (unpaired) electrons. The summed E-state index contributed by atoms with van der Waals surface area (Å²) in [7, 11) is -0.482. The number of benzene rings is 3. The summed E-state index contributed by atoms with van der Waals surface area (Å²) in [6.07, 6.45) is -0.344. The molecule has 6 heteroatoms. The van der Waals surface area contributed by atoms with Gasteiger partial charge in [0.1, 0.15) is 11.7 Å². The van der Waals surface area contributed by atoms with Crippen LogP contribution in [0, 0.1) is 0 Å². The third-order valence-corrected chi connectivity index (χ3v) is 6.61. The third kappa shape index (κ3) is 4.12. The summed E-state index contributed by atoms with van der Waals surface area (Å²) >= 11 is 0. The number of nitrogens with zero attached hydrogens (tertiary/aromatic N) is 2. The quantitative estimate of drug-likeness (QED) is 0.613. The lowest BCUT2D eigenvalue weighted by Crippen LogP contribution is -2.43. The van der Waals surface area contributed by atoms with Crippen LogP contribution in [0.15, 0.2) is 94.9 Å². The Kier molecular flexibility index (Phi) is 5.43. The van der Waals surface area contributed by atoms with Gasteiger partial charge in [0.05, 0.1) is 11.2 Å². The van der Waals surface area contributed by atoms with Gasteiger partial charge in [0.25, 0.3) is 0 Å². The van der Waals surface area contributed by atoms with Crippen molar-refractivity contribution in [3.63, 3.8) is 0 Å². The first-order valence-corrected chi connectivity index (χ1v) is 11.3. The molecule has 5 rings (SSSR count). The number of aliphatic imine (C=N–C) groups is 2. The van der Waals surface area contributed by atoms with Crippen LogP contribution in [-0.4, -0.2) is 30.0 Å². The predicted octanol–water partition coefficient (Wildman–Crippen LogP) is 4.48. The molecule has 2 aliphatic heterocycles. The van der Waals surface area contributed by atoms with Gasteiger partial charge >= 0.3 is 7.12 Å². The Morgan fingerprint density at radius 2 is 1.24 bits per heavy atom. The first-order chi connectivity index (χ1) is 15.8. The summed E-state index contributed by atoms with van der Waals surface area (Å²) in [4.78, 5) is 9.94. The van der Waals surface area contributed by atoms with Gasteiger partial charge < -0.3 is 14.6 Å². The average Bonchev–Trinajstić information content (AvgIpc) is 3.06. The monoisotopic (exact) mass is 437 g/mol. The summed E-state index contributed by atoms with van der Waals surface area (Å²) in [6.45, 7) is 8.27. The Balaban J connectivity index is 1.57. The molecule has 0 amide bonds. The van der Waals surface area contributed by atoms with Gasteiger partial charge in [0.15, 0.2) is 6.17 Å². The van der Waals surface area contributed by atoms with E-state index in [4.69, 9.17) is 19.3 Å². The molecule has 0 saturated carbocycles. The summed E-state index contributed by atoms with van der Waals surface area (Å²) in [5, 5.41) is 3.48. The van der Waals surface area contributed by atoms with E-state index in [-0.39, 0.29) is 6.17 Å². The minimum Gasteiger partial charge on any atom is -0.399 e. The zero-order valence-corrected chi connectivity index (χ0v) is 19.4. The summed E-state index contributed by atoms with van der Waals surface area (Å²) < 4.78 is 12.7. The normalized spacial score (nSPS) is 21.2. The van der Waals surface area contributed by atoms with Gasteiger partial charge in [-0.15, -0.1) is 0 Å². The molecule has 1 saturated heterocycles. The van der Waals surface area contributed by atoms with Crippen molar-refractivity contribution in [1.29, 1.82) is 0 Å². The first kappa shape index (κ1) is 21.6. The zero-order valence-electron chi connectivity index (χ0n) is 19.4. The zero-order chi connectivity index (χ0) is 23.1. The molecule has 1 N–H and O–H groups in total.